The Bertz CT molecular complexity index is 477. The van der Waals surface area contributed by atoms with E-state index in [1.54, 1.807) is 6.92 Å². The van der Waals surface area contributed by atoms with Crippen molar-refractivity contribution in [3.05, 3.63) is 17.7 Å². The van der Waals surface area contributed by atoms with Crippen LogP contribution in [-0.4, -0.2) is 17.9 Å². The number of hydrogen-bond acceptors (Lipinski definition) is 2. The number of nitrogens with one attached hydrogen (secondary N) is 1. The molecule has 3 heteroatoms. The van der Waals surface area contributed by atoms with Crippen molar-refractivity contribution in [2.75, 3.05) is 0 Å². The highest BCUT2D eigenvalue weighted by Gasteiger charge is 2.17. The summed E-state index contributed by atoms with van der Waals surface area (Å²) in [5, 5.41) is 2.93. The zero-order valence-corrected chi connectivity index (χ0v) is 19.6. The van der Waals surface area contributed by atoms with Gasteiger partial charge in [-0.1, -0.05) is 117 Å². The Balaban J connectivity index is 3.68. The van der Waals surface area contributed by atoms with Gasteiger partial charge in [0, 0.05) is 11.1 Å². The maximum absolute atomic E-state index is 11.9. The predicted octanol–water partition coefficient (Wildman–Crippen LogP) is 7.48. The van der Waals surface area contributed by atoms with Gasteiger partial charge in [0.2, 0.25) is 5.91 Å². The van der Waals surface area contributed by atoms with Gasteiger partial charge in [0.1, 0.15) is 5.94 Å². The van der Waals surface area contributed by atoms with E-state index in [0.29, 0.717) is 17.6 Å². The Morgan fingerprint density at radius 3 is 1.55 bits per heavy atom. The van der Waals surface area contributed by atoms with Crippen molar-refractivity contribution in [1.29, 1.82) is 0 Å². The Morgan fingerprint density at radius 2 is 1.21 bits per heavy atom. The van der Waals surface area contributed by atoms with Crippen molar-refractivity contribution in [3.8, 4) is 0 Å². The molecule has 0 aromatic rings. The first-order chi connectivity index (χ1) is 14.1. The number of hydrogen-bond donors (Lipinski definition) is 1. The second kappa shape index (κ2) is 20.0. The van der Waals surface area contributed by atoms with Gasteiger partial charge >= 0.3 is 0 Å². The molecule has 0 saturated heterocycles. The second-order valence-corrected chi connectivity index (χ2v) is 8.53. The van der Waals surface area contributed by atoms with Crippen LogP contribution in [0.1, 0.15) is 130 Å². The van der Waals surface area contributed by atoms with Gasteiger partial charge in [-0.15, -0.1) is 0 Å². The van der Waals surface area contributed by atoms with Gasteiger partial charge in [-0.25, -0.2) is 4.79 Å². The molecule has 0 aliphatic heterocycles. The van der Waals surface area contributed by atoms with Crippen LogP contribution in [0.25, 0.3) is 0 Å². The van der Waals surface area contributed by atoms with E-state index in [2.05, 4.69) is 18.8 Å². The number of amides is 1. The van der Waals surface area contributed by atoms with Gasteiger partial charge in [-0.3, -0.25) is 4.79 Å². The largest absolute Gasteiger partial charge is 0.345 e. The predicted molar refractivity (Wildman–Crippen MR) is 126 cm³/mol. The van der Waals surface area contributed by atoms with E-state index >= 15 is 0 Å². The van der Waals surface area contributed by atoms with Crippen molar-refractivity contribution in [2.45, 2.75) is 136 Å². The summed E-state index contributed by atoms with van der Waals surface area (Å²) in [6, 6.07) is -0.191. The summed E-state index contributed by atoms with van der Waals surface area (Å²) in [4.78, 5) is 23.0. The Hall–Kier alpha value is -1.34. The maximum Gasteiger partial charge on any atom is 0.246 e. The summed E-state index contributed by atoms with van der Waals surface area (Å²) < 4.78 is 0. The molecule has 1 atom stereocenters. The monoisotopic (exact) mass is 405 g/mol. The molecule has 0 aliphatic rings. The molecular formula is C26H47NO2. The lowest BCUT2D eigenvalue weighted by atomic mass is 9.98. The van der Waals surface area contributed by atoms with E-state index in [0.717, 1.165) is 19.3 Å². The topological polar surface area (TPSA) is 46.2 Å². The van der Waals surface area contributed by atoms with E-state index in [1.165, 1.54) is 83.5 Å². The fourth-order valence-electron chi connectivity index (χ4n) is 3.72. The standard InChI is InChI=1S/C26H47NO2/c1-5-7-8-9-10-11-12-13-14-15-16-17-18-19-20-21-25(24(6-2)22-28)27-26(29)23(3)4/h25H,3,5-21H2,1-2,4H3,(H,27,29). The average Bonchev–Trinajstić information content (AvgIpc) is 2.71. The molecule has 0 bridgehead atoms. The molecule has 0 radical (unpaired) electrons. The molecule has 1 N–H and O–H groups in total. The van der Waals surface area contributed by atoms with Crippen LogP contribution >= 0.6 is 0 Å². The van der Waals surface area contributed by atoms with Gasteiger partial charge in [0.15, 0.2) is 0 Å². The van der Waals surface area contributed by atoms with Crippen LogP contribution in [0.2, 0.25) is 0 Å². The molecule has 0 spiro atoms. The fourth-order valence-corrected chi connectivity index (χ4v) is 3.72. The number of rotatable bonds is 20. The van der Waals surface area contributed by atoms with Crippen LogP contribution in [-0.2, 0) is 9.59 Å². The maximum atomic E-state index is 11.9. The van der Waals surface area contributed by atoms with E-state index in [4.69, 9.17) is 0 Å². The van der Waals surface area contributed by atoms with Crippen molar-refractivity contribution >= 4 is 11.8 Å². The molecule has 0 saturated carbocycles. The quantitative estimate of drug-likeness (QED) is 0.130. The number of unbranched alkanes of at least 4 members (excludes halogenated alkanes) is 14. The smallest absolute Gasteiger partial charge is 0.246 e. The molecule has 0 fully saturated rings. The van der Waals surface area contributed by atoms with Crippen molar-refractivity contribution < 1.29 is 9.59 Å². The van der Waals surface area contributed by atoms with Crippen LogP contribution in [0.4, 0.5) is 0 Å². The molecule has 0 aromatic carbocycles. The van der Waals surface area contributed by atoms with Crippen LogP contribution in [0.15, 0.2) is 17.7 Å². The van der Waals surface area contributed by atoms with Crippen LogP contribution in [0.5, 0.6) is 0 Å². The highest BCUT2D eigenvalue weighted by molar-refractivity contribution is 5.92. The van der Waals surface area contributed by atoms with Gasteiger partial charge in [-0.05, 0) is 19.8 Å². The molecule has 3 nitrogen and oxygen atoms in total. The first-order valence-electron chi connectivity index (χ1n) is 12.3. The van der Waals surface area contributed by atoms with Gasteiger partial charge in [-0.2, -0.15) is 0 Å². The Kier molecular flexibility index (Phi) is 19.0. The summed E-state index contributed by atoms with van der Waals surface area (Å²) in [7, 11) is 0. The van der Waals surface area contributed by atoms with Crippen LogP contribution < -0.4 is 5.32 Å². The normalized spacial score (nSPS) is 11.7. The van der Waals surface area contributed by atoms with Crippen molar-refractivity contribution in [2.24, 2.45) is 0 Å². The summed E-state index contributed by atoms with van der Waals surface area (Å²) >= 11 is 0. The van der Waals surface area contributed by atoms with Crippen molar-refractivity contribution in [3.63, 3.8) is 0 Å². The van der Waals surface area contributed by atoms with Crippen molar-refractivity contribution in [1.82, 2.24) is 5.32 Å². The zero-order chi connectivity index (χ0) is 21.7. The first kappa shape index (κ1) is 27.7. The minimum absolute atomic E-state index is 0.169. The summed E-state index contributed by atoms with van der Waals surface area (Å²) in [5.41, 5.74) is 1.14. The second-order valence-electron chi connectivity index (χ2n) is 8.53. The third-order valence-electron chi connectivity index (χ3n) is 5.72. The van der Waals surface area contributed by atoms with Crippen LogP contribution in [0, 0.1) is 0 Å². The Labute approximate surface area is 180 Å². The SMILES string of the molecule is C=C(C)C(=O)NC(CCCCCCCCCCCCCCCCC)C(=C=O)CC. The van der Waals surface area contributed by atoms with Gasteiger partial charge in [0.05, 0.1) is 6.04 Å². The molecule has 0 heterocycles. The lowest BCUT2D eigenvalue weighted by molar-refractivity contribution is -0.117. The molecule has 1 amide bonds. The summed E-state index contributed by atoms with van der Waals surface area (Å²) in [6.45, 7) is 9.58. The third-order valence-corrected chi connectivity index (χ3v) is 5.72. The van der Waals surface area contributed by atoms with E-state index in [-0.39, 0.29) is 11.9 Å². The molecule has 29 heavy (non-hydrogen) atoms. The highest BCUT2D eigenvalue weighted by Crippen LogP contribution is 2.16. The number of carbonyl (C=O) groups excluding carboxylic acids is 2. The van der Waals surface area contributed by atoms with Gasteiger partial charge < -0.3 is 5.32 Å². The molecule has 0 aromatic heterocycles. The fraction of sp³-hybridized carbons (Fsp3) is 0.808. The summed E-state index contributed by atoms with van der Waals surface area (Å²) in [5.74, 6) is 1.85. The first-order valence-corrected chi connectivity index (χ1v) is 12.3. The van der Waals surface area contributed by atoms with Gasteiger partial charge in [0.25, 0.3) is 0 Å². The molecule has 0 rings (SSSR count). The average molecular weight is 406 g/mol. The lowest BCUT2D eigenvalue weighted by Crippen LogP contribution is -2.36. The zero-order valence-electron chi connectivity index (χ0n) is 19.6. The Morgan fingerprint density at radius 1 is 0.793 bits per heavy atom. The minimum atomic E-state index is -0.191. The molecule has 0 aliphatic carbocycles. The van der Waals surface area contributed by atoms with E-state index in [1.807, 2.05) is 12.9 Å². The molecule has 1 unspecified atom stereocenters. The van der Waals surface area contributed by atoms with E-state index < -0.39 is 0 Å². The molecule has 168 valence electrons. The minimum Gasteiger partial charge on any atom is -0.345 e. The van der Waals surface area contributed by atoms with Crippen LogP contribution in [0.3, 0.4) is 0 Å². The third kappa shape index (κ3) is 16.2. The lowest BCUT2D eigenvalue weighted by Gasteiger charge is -2.19. The number of carbonyl (C=O) groups is 1. The van der Waals surface area contributed by atoms with E-state index in [9.17, 15) is 9.59 Å². The summed E-state index contributed by atoms with van der Waals surface area (Å²) in [6.07, 6.45) is 21.5. The molecular weight excluding hydrogens is 358 g/mol. The highest BCUT2D eigenvalue weighted by atomic mass is 16.1.